The Morgan fingerprint density at radius 2 is 1.94 bits per heavy atom. The molecule has 2 rings (SSSR count). The highest BCUT2D eigenvalue weighted by atomic mass is 35.5. The topological polar surface area (TPSA) is 24.5 Å². The van der Waals surface area contributed by atoms with Gasteiger partial charge in [0, 0.05) is 37.2 Å². The molecular formula is C13H19ClN2O. The minimum absolute atomic E-state index is 0.452. The van der Waals surface area contributed by atoms with Crippen molar-refractivity contribution in [3.05, 3.63) is 29.3 Å². The second-order valence-electron chi connectivity index (χ2n) is 4.40. The molecule has 1 atom stereocenters. The van der Waals surface area contributed by atoms with Crippen molar-refractivity contribution >= 4 is 11.6 Å². The van der Waals surface area contributed by atoms with E-state index in [1.54, 1.807) is 0 Å². The molecule has 17 heavy (non-hydrogen) atoms. The van der Waals surface area contributed by atoms with E-state index in [-0.39, 0.29) is 0 Å². The van der Waals surface area contributed by atoms with Crippen LogP contribution in [0, 0.1) is 0 Å². The molecule has 1 aliphatic rings. The summed E-state index contributed by atoms with van der Waals surface area (Å²) < 4.78 is 5.76. The Morgan fingerprint density at radius 1 is 1.29 bits per heavy atom. The van der Waals surface area contributed by atoms with Gasteiger partial charge in [-0.25, -0.2) is 0 Å². The van der Waals surface area contributed by atoms with Crippen LogP contribution in [-0.2, 0) is 0 Å². The van der Waals surface area contributed by atoms with Crippen LogP contribution in [-0.4, -0.2) is 43.7 Å². The Balaban J connectivity index is 1.78. The first kappa shape index (κ1) is 12.7. The minimum Gasteiger partial charge on any atom is -0.492 e. The Hall–Kier alpha value is -0.770. The molecule has 1 aromatic rings. The molecule has 0 aliphatic carbocycles. The van der Waals surface area contributed by atoms with E-state index in [9.17, 15) is 0 Å². The molecule has 0 radical (unpaired) electrons. The van der Waals surface area contributed by atoms with Crippen molar-refractivity contribution in [1.82, 2.24) is 10.2 Å². The van der Waals surface area contributed by atoms with Gasteiger partial charge >= 0.3 is 0 Å². The number of hydrogen-bond donors (Lipinski definition) is 1. The van der Waals surface area contributed by atoms with E-state index in [1.807, 2.05) is 24.3 Å². The number of rotatable bonds is 4. The molecule has 1 N–H and O–H groups in total. The van der Waals surface area contributed by atoms with Gasteiger partial charge in [-0.1, -0.05) is 11.6 Å². The van der Waals surface area contributed by atoms with Crippen LogP contribution in [0.3, 0.4) is 0 Å². The number of piperazine rings is 1. The molecule has 4 heteroatoms. The summed E-state index contributed by atoms with van der Waals surface area (Å²) >= 11 is 5.83. The molecule has 1 heterocycles. The fourth-order valence-electron chi connectivity index (χ4n) is 1.98. The summed E-state index contributed by atoms with van der Waals surface area (Å²) in [6.07, 6.45) is 0. The SMILES string of the molecule is CC(COc1ccc(Cl)cc1)N1CCNCC1. The number of nitrogens with one attached hydrogen (secondary N) is 1. The molecule has 94 valence electrons. The quantitative estimate of drug-likeness (QED) is 0.890. The number of benzene rings is 1. The predicted molar refractivity (Wildman–Crippen MR) is 70.9 cm³/mol. The van der Waals surface area contributed by atoms with E-state index in [0.29, 0.717) is 6.04 Å². The van der Waals surface area contributed by atoms with Crippen molar-refractivity contribution in [1.29, 1.82) is 0 Å². The third kappa shape index (κ3) is 3.87. The summed E-state index contributed by atoms with van der Waals surface area (Å²) in [7, 11) is 0. The average Bonchev–Trinajstić information content (AvgIpc) is 2.39. The zero-order chi connectivity index (χ0) is 12.1. The largest absolute Gasteiger partial charge is 0.492 e. The fourth-order valence-corrected chi connectivity index (χ4v) is 2.10. The van der Waals surface area contributed by atoms with Gasteiger partial charge in [0.2, 0.25) is 0 Å². The van der Waals surface area contributed by atoms with E-state index >= 15 is 0 Å². The van der Waals surface area contributed by atoms with Gasteiger partial charge < -0.3 is 10.1 Å². The maximum atomic E-state index is 5.83. The van der Waals surface area contributed by atoms with E-state index < -0.39 is 0 Å². The highest BCUT2D eigenvalue weighted by Crippen LogP contribution is 2.16. The Kier molecular flexibility index (Phi) is 4.66. The van der Waals surface area contributed by atoms with Gasteiger partial charge in [-0.15, -0.1) is 0 Å². The van der Waals surface area contributed by atoms with Crippen molar-refractivity contribution in [2.45, 2.75) is 13.0 Å². The third-order valence-corrected chi connectivity index (χ3v) is 3.33. The fraction of sp³-hybridized carbons (Fsp3) is 0.538. The second kappa shape index (κ2) is 6.24. The monoisotopic (exact) mass is 254 g/mol. The maximum absolute atomic E-state index is 5.83. The average molecular weight is 255 g/mol. The van der Waals surface area contributed by atoms with Crippen LogP contribution in [0.2, 0.25) is 5.02 Å². The maximum Gasteiger partial charge on any atom is 0.119 e. The number of halogens is 1. The summed E-state index contributed by atoms with van der Waals surface area (Å²) in [5.74, 6) is 0.886. The summed E-state index contributed by atoms with van der Waals surface area (Å²) in [6, 6.07) is 7.98. The molecule has 0 amide bonds. The van der Waals surface area contributed by atoms with Crippen molar-refractivity contribution in [2.24, 2.45) is 0 Å². The zero-order valence-electron chi connectivity index (χ0n) is 10.2. The van der Waals surface area contributed by atoms with Crippen LogP contribution in [0.1, 0.15) is 6.92 Å². The summed E-state index contributed by atoms with van der Waals surface area (Å²) in [5.41, 5.74) is 0. The molecule has 0 spiro atoms. The Bertz CT molecular complexity index is 336. The van der Waals surface area contributed by atoms with Crippen LogP contribution < -0.4 is 10.1 Å². The van der Waals surface area contributed by atoms with Gasteiger partial charge in [0.1, 0.15) is 12.4 Å². The van der Waals surface area contributed by atoms with Gasteiger partial charge in [-0.05, 0) is 31.2 Å². The lowest BCUT2D eigenvalue weighted by atomic mass is 10.2. The van der Waals surface area contributed by atoms with Gasteiger partial charge in [-0.2, -0.15) is 0 Å². The summed E-state index contributed by atoms with van der Waals surface area (Å²) in [4.78, 5) is 2.45. The second-order valence-corrected chi connectivity index (χ2v) is 4.84. The number of hydrogen-bond acceptors (Lipinski definition) is 3. The normalized spacial score (nSPS) is 18.9. The third-order valence-electron chi connectivity index (χ3n) is 3.08. The molecule has 0 saturated carbocycles. The smallest absolute Gasteiger partial charge is 0.119 e. The summed E-state index contributed by atoms with van der Waals surface area (Å²) in [6.45, 7) is 7.29. The van der Waals surface area contributed by atoms with Crippen LogP contribution in [0.4, 0.5) is 0 Å². The Morgan fingerprint density at radius 3 is 2.59 bits per heavy atom. The molecule has 3 nitrogen and oxygen atoms in total. The molecule has 1 aliphatic heterocycles. The lowest BCUT2D eigenvalue weighted by Gasteiger charge is -2.32. The molecule has 1 fully saturated rings. The molecule has 1 unspecified atom stereocenters. The molecule has 0 aromatic heterocycles. The van der Waals surface area contributed by atoms with E-state index in [4.69, 9.17) is 16.3 Å². The van der Waals surface area contributed by atoms with Crippen molar-refractivity contribution < 1.29 is 4.74 Å². The number of ether oxygens (including phenoxy) is 1. The summed E-state index contributed by atoms with van der Waals surface area (Å²) in [5, 5.41) is 4.10. The lowest BCUT2D eigenvalue weighted by Crippen LogP contribution is -2.49. The number of nitrogens with zero attached hydrogens (tertiary/aromatic N) is 1. The van der Waals surface area contributed by atoms with Crippen LogP contribution in [0.15, 0.2) is 24.3 Å². The van der Waals surface area contributed by atoms with Crippen LogP contribution in [0.5, 0.6) is 5.75 Å². The first-order valence-electron chi connectivity index (χ1n) is 6.09. The molecule has 1 saturated heterocycles. The van der Waals surface area contributed by atoms with Gasteiger partial charge in [0.25, 0.3) is 0 Å². The standard InChI is InChI=1S/C13H19ClN2O/c1-11(16-8-6-15-7-9-16)10-17-13-4-2-12(14)3-5-13/h2-5,11,15H,6-10H2,1H3. The van der Waals surface area contributed by atoms with Crippen LogP contribution >= 0.6 is 11.6 Å². The molecule has 0 bridgehead atoms. The Labute approximate surface area is 108 Å². The molecular weight excluding hydrogens is 236 g/mol. The van der Waals surface area contributed by atoms with Crippen molar-refractivity contribution in [3.63, 3.8) is 0 Å². The van der Waals surface area contributed by atoms with Gasteiger partial charge in [-0.3, -0.25) is 4.90 Å². The van der Waals surface area contributed by atoms with Crippen LogP contribution in [0.25, 0.3) is 0 Å². The first-order chi connectivity index (χ1) is 8.25. The van der Waals surface area contributed by atoms with Crippen molar-refractivity contribution in [3.8, 4) is 5.75 Å². The van der Waals surface area contributed by atoms with E-state index in [1.165, 1.54) is 0 Å². The van der Waals surface area contributed by atoms with E-state index in [2.05, 4.69) is 17.1 Å². The lowest BCUT2D eigenvalue weighted by molar-refractivity contribution is 0.132. The minimum atomic E-state index is 0.452. The first-order valence-corrected chi connectivity index (χ1v) is 6.46. The van der Waals surface area contributed by atoms with Gasteiger partial charge in [0.05, 0.1) is 0 Å². The molecule has 1 aromatic carbocycles. The van der Waals surface area contributed by atoms with Gasteiger partial charge in [0.15, 0.2) is 0 Å². The predicted octanol–water partition coefficient (Wildman–Crippen LogP) is 2.01. The highest BCUT2D eigenvalue weighted by Gasteiger charge is 2.16. The van der Waals surface area contributed by atoms with Crippen molar-refractivity contribution in [2.75, 3.05) is 32.8 Å². The van der Waals surface area contributed by atoms with E-state index in [0.717, 1.165) is 43.6 Å². The zero-order valence-corrected chi connectivity index (χ0v) is 10.9. The highest BCUT2D eigenvalue weighted by molar-refractivity contribution is 6.30.